The molecule has 0 spiro atoms. The molecule has 8 rings (SSSR count). The SMILES string of the molecule is CC(N)C12CC3CC(CC(C3)C1)C2.CC(N)C12CC3CC(CC(C3)C1)C2.Cl.Cl.N=C(N)N. The molecule has 0 aromatic carbocycles. The summed E-state index contributed by atoms with van der Waals surface area (Å²) in [5.74, 6) is 5.98. The van der Waals surface area contributed by atoms with Crippen molar-refractivity contribution in [3.63, 3.8) is 0 Å². The Morgan fingerprint density at radius 2 is 0.750 bits per heavy atom. The first-order chi connectivity index (χ1) is 14.1. The van der Waals surface area contributed by atoms with Crippen molar-refractivity contribution in [1.29, 1.82) is 5.41 Å². The number of halogens is 2. The highest BCUT2D eigenvalue weighted by Gasteiger charge is 2.53. The Labute approximate surface area is 208 Å². The minimum atomic E-state index is -0.333. The van der Waals surface area contributed by atoms with Gasteiger partial charge in [-0.05, 0) is 137 Å². The molecule has 0 aliphatic heterocycles. The van der Waals surface area contributed by atoms with Gasteiger partial charge in [-0.3, -0.25) is 5.41 Å². The highest BCUT2D eigenvalue weighted by Crippen LogP contribution is 2.61. The lowest BCUT2D eigenvalue weighted by molar-refractivity contribution is -0.0638. The Kier molecular flexibility index (Phi) is 9.26. The minimum absolute atomic E-state index is 0. The van der Waals surface area contributed by atoms with E-state index in [4.69, 9.17) is 16.9 Å². The van der Waals surface area contributed by atoms with Crippen LogP contribution in [0.5, 0.6) is 0 Å². The van der Waals surface area contributed by atoms with Gasteiger partial charge in [0.05, 0.1) is 0 Å². The Bertz CT molecular complexity index is 513. The molecule has 188 valence electrons. The van der Waals surface area contributed by atoms with Crippen LogP contribution in [0.4, 0.5) is 0 Å². The van der Waals surface area contributed by atoms with Gasteiger partial charge in [0, 0.05) is 12.1 Å². The molecular formula is C25H49Cl2N5. The number of rotatable bonds is 2. The van der Waals surface area contributed by atoms with E-state index in [1.165, 1.54) is 77.0 Å². The summed E-state index contributed by atoms with van der Waals surface area (Å²) in [6.45, 7) is 4.49. The Hall–Kier alpha value is -0.230. The monoisotopic (exact) mass is 489 g/mol. The molecule has 0 aromatic heterocycles. The maximum atomic E-state index is 6.19. The van der Waals surface area contributed by atoms with Crippen molar-refractivity contribution < 1.29 is 0 Å². The fourth-order valence-electron chi connectivity index (χ4n) is 9.47. The summed E-state index contributed by atoms with van der Waals surface area (Å²) in [6.07, 6.45) is 17.9. The van der Waals surface area contributed by atoms with Crippen LogP contribution in [0.2, 0.25) is 0 Å². The molecule has 2 atom stereocenters. The van der Waals surface area contributed by atoms with Crippen LogP contribution < -0.4 is 22.9 Å². The predicted octanol–water partition coefficient (Wildman–Crippen LogP) is 4.78. The quantitative estimate of drug-likeness (QED) is 0.282. The van der Waals surface area contributed by atoms with E-state index in [0.29, 0.717) is 22.9 Å². The largest absolute Gasteiger partial charge is 0.370 e. The maximum absolute atomic E-state index is 6.19. The molecule has 0 saturated heterocycles. The third-order valence-corrected chi connectivity index (χ3v) is 10.1. The smallest absolute Gasteiger partial charge is 0.183 e. The second-order valence-electron chi connectivity index (χ2n) is 12.6. The zero-order valence-electron chi connectivity index (χ0n) is 20.2. The topological polar surface area (TPSA) is 128 Å². The van der Waals surface area contributed by atoms with Gasteiger partial charge in [-0.25, -0.2) is 0 Å². The lowest BCUT2D eigenvalue weighted by atomic mass is 9.48. The number of nitrogens with one attached hydrogen (secondary N) is 1. The summed E-state index contributed by atoms with van der Waals surface area (Å²) < 4.78 is 0. The molecule has 8 aliphatic rings. The second-order valence-corrected chi connectivity index (χ2v) is 12.6. The molecule has 0 heterocycles. The normalized spacial score (nSPS) is 45.8. The average Bonchev–Trinajstić information content (AvgIpc) is 2.59. The molecule has 0 radical (unpaired) electrons. The summed E-state index contributed by atoms with van der Waals surface area (Å²) in [7, 11) is 0. The van der Waals surface area contributed by atoms with E-state index < -0.39 is 0 Å². The van der Waals surface area contributed by atoms with Crippen LogP contribution in [0, 0.1) is 51.7 Å². The van der Waals surface area contributed by atoms with Crippen molar-refractivity contribution in [2.75, 3.05) is 0 Å². The van der Waals surface area contributed by atoms with Gasteiger partial charge < -0.3 is 22.9 Å². The molecule has 2 unspecified atom stereocenters. The molecule has 0 aromatic rings. The summed E-state index contributed by atoms with van der Waals surface area (Å²) in [5, 5.41) is 6.06. The van der Waals surface area contributed by atoms with Gasteiger partial charge in [0.1, 0.15) is 0 Å². The van der Waals surface area contributed by atoms with Crippen LogP contribution in [0.25, 0.3) is 0 Å². The van der Waals surface area contributed by atoms with Crippen LogP contribution in [-0.4, -0.2) is 18.0 Å². The first kappa shape index (κ1) is 28.0. The summed E-state index contributed by atoms with van der Waals surface area (Å²) in [5.41, 5.74) is 22.5. The van der Waals surface area contributed by atoms with Gasteiger partial charge in [0.25, 0.3) is 0 Å². The van der Waals surface area contributed by atoms with Crippen LogP contribution in [0.15, 0.2) is 0 Å². The fourth-order valence-corrected chi connectivity index (χ4v) is 9.47. The van der Waals surface area contributed by atoms with Crippen molar-refractivity contribution in [2.24, 2.45) is 69.3 Å². The lowest BCUT2D eigenvalue weighted by Gasteiger charge is -2.58. The summed E-state index contributed by atoms with van der Waals surface area (Å²) >= 11 is 0. The standard InChI is InChI=1S/2C12H21N.CH5N3.2ClH/c2*1-8(13)12-5-9-2-10(6-12)4-11(3-9)7-12;2-1(3)4;;/h2*8-11H,2-7,13H2,1H3;(H5,2,3,4);2*1H. The zero-order chi connectivity index (χ0) is 21.7. The van der Waals surface area contributed by atoms with Gasteiger partial charge in [-0.2, -0.15) is 0 Å². The highest BCUT2D eigenvalue weighted by atomic mass is 35.5. The minimum Gasteiger partial charge on any atom is -0.370 e. The Morgan fingerprint density at radius 3 is 0.875 bits per heavy atom. The third kappa shape index (κ3) is 5.70. The molecule has 32 heavy (non-hydrogen) atoms. The van der Waals surface area contributed by atoms with Gasteiger partial charge in [-0.15, -0.1) is 24.8 Å². The van der Waals surface area contributed by atoms with Crippen LogP contribution >= 0.6 is 24.8 Å². The van der Waals surface area contributed by atoms with Crippen LogP contribution in [0.3, 0.4) is 0 Å². The molecule has 8 aliphatic carbocycles. The molecule has 9 N–H and O–H groups in total. The van der Waals surface area contributed by atoms with E-state index in [1.807, 2.05) is 0 Å². The molecule has 8 saturated carbocycles. The van der Waals surface area contributed by atoms with Gasteiger partial charge in [0.2, 0.25) is 0 Å². The Balaban J connectivity index is 0.000000185. The van der Waals surface area contributed by atoms with E-state index in [9.17, 15) is 0 Å². The molecule has 8 fully saturated rings. The highest BCUT2D eigenvalue weighted by molar-refractivity contribution is 5.85. The van der Waals surface area contributed by atoms with Crippen LogP contribution in [-0.2, 0) is 0 Å². The Morgan fingerprint density at radius 1 is 0.594 bits per heavy atom. The first-order valence-electron chi connectivity index (χ1n) is 12.7. The van der Waals surface area contributed by atoms with Crippen molar-refractivity contribution >= 4 is 30.8 Å². The molecule has 0 amide bonds. The van der Waals surface area contributed by atoms with E-state index in [-0.39, 0.29) is 30.8 Å². The summed E-state index contributed by atoms with van der Waals surface area (Å²) in [4.78, 5) is 0. The number of nitrogens with two attached hydrogens (primary N) is 4. The number of hydrogen-bond donors (Lipinski definition) is 5. The molecular weight excluding hydrogens is 441 g/mol. The average molecular weight is 491 g/mol. The molecule has 8 bridgehead atoms. The van der Waals surface area contributed by atoms with Gasteiger partial charge in [0.15, 0.2) is 5.96 Å². The van der Waals surface area contributed by atoms with Gasteiger partial charge >= 0.3 is 0 Å². The third-order valence-electron chi connectivity index (χ3n) is 10.1. The van der Waals surface area contributed by atoms with Crippen molar-refractivity contribution in [1.82, 2.24) is 0 Å². The number of hydrogen-bond acceptors (Lipinski definition) is 3. The predicted molar refractivity (Wildman–Crippen MR) is 139 cm³/mol. The van der Waals surface area contributed by atoms with Crippen molar-refractivity contribution in [3.8, 4) is 0 Å². The zero-order valence-corrected chi connectivity index (χ0v) is 21.9. The summed E-state index contributed by atoms with van der Waals surface area (Å²) in [6, 6.07) is 0.891. The maximum Gasteiger partial charge on any atom is 0.183 e. The van der Waals surface area contributed by atoms with E-state index in [0.717, 1.165) is 35.5 Å². The van der Waals surface area contributed by atoms with E-state index in [1.54, 1.807) is 0 Å². The van der Waals surface area contributed by atoms with Crippen molar-refractivity contribution in [3.05, 3.63) is 0 Å². The number of guanidine groups is 1. The van der Waals surface area contributed by atoms with Crippen molar-refractivity contribution in [2.45, 2.75) is 103 Å². The first-order valence-corrected chi connectivity index (χ1v) is 12.7. The molecule has 7 heteroatoms. The van der Waals surface area contributed by atoms with E-state index in [2.05, 4.69) is 25.3 Å². The second kappa shape index (κ2) is 10.6. The lowest BCUT2D eigenvalue weighted by Crippen LogP contribution is -2.53. The van der Waals surface area contributed by atoms with Gasteiger partial charge in [-0.1, -0.05) is 0 Å². The fraction of sp³-hybridized carbons (Fsp3) is 0.960. The molecule has 5 nitrogen and oxygen atoms in total. The van der Waals surface area contributed by atoms with E-state index >= 15 is 0 Å². The van der Waals surface area contributed by atoms with Crippen LogP contribution in [0.1, 0.15) is 90.9 Å².